The smallest absolute Gasteiger partial charge is 0.234 e. The summed E-state index contributed by atoms with van der Waals surface area (Å²) in [5, 5.41) is 15.4. The van der Waals surface area contributed by atoms with Gasteiger partial charge in [0.15, 0.2) is 0 Å². The minimum Gasteiger partial charge on any atom is -0.389 e. The largest absolute Gasteiger partial charge is 0.389 e. The van der Waals surface area contributed by atoms with Crippen molar-refractivity contribution in [2.45, 2.75) is 52.4 Å². The Kier molecular flexibility index (Phi) is 9.75. The van der Waals surface area contributed by atoms with Crippen LogP contribution < -0.4 is 10.6 Å². The molecular weight excluding hydrogens is 260 g/mol. The SMILES string of the molecule is CC(C)OCCOCC(O)CNCC(=O)NC(C)(C)C. The van der Waals surface area contributed by atoms with Crippen molar-refractivity contribution in [1.82, 2.24) is 10.6 Å². The molecule has 1 amide bonds. The molecule has 3 N–H and O–H groups in total. The van der Waals surface area contributed by atoms with Crippen LogP contribution in [0.1, 0.15) is 34.6 Å². The van der Waals surface area contributed by atoms with Gasteiger partial charge in [0.05, 0.1) is 38.6 Å². The molecule has 0 aromatic carbocycles. The summed E-state index contributed by atoms with van der Waals surface area (Å²) in [4.78, 5) is 11.5. The molecule has 6 nitrogen and oxygen atoms in total. The van der Waals surface area contributed by atoms with Gasteiger partial charge in [0.1, 0.15) is 0 Å². The Morgan fingerprint density at radius 2 is 1.90 bits per heavy atom. The van der Waals surface area contributed by atoms with E-state index in [1.54, 1.807) is 0 Å². The van der Waals surface area contributed by atoms with Crippen LogP contribution in [-0.4, -0.2) is 61.7 Å². The zero-order valence-electron chi connectivity index (χ0n) is 13.4. The first-order valence-electron chi connectivity index (χ1n) is 7.10. The van der Waals surface area contributed by atoms with Crippen LogP contribution in [0.4, 0.5) is 0 Å². The Bertz CT molecular complexity index is 264. The highest BCUT2D eigenvalue weighted by molar-refractivity contribution is 5.78. The number of amides is 1. The number of hydrogen-bond acceptors (Lipinski definition) is 5. The van der Waals surface area contributed by atoms with Crippen LogP contribution in [0.25, 0.3) is 0 Å². The third-order valence-electron chi connectivity index (χ3n) is 2.17. The fourth-order valence-electron chi connectivity index (χ4n) is 1.44. The first-order chi connectivity index (χ1) is 9.20. The first-order valence-corrected chi connectivity index (χ1v) is 7.10. The quantitative estimate of drug-likeness (QED) is 0.504. The van der Waals surface area contributed by atoms with Gasteiger partial charge >= 0.3 is 0 Å². The molecule has 1 atom stereocenters. The summed E-state index contributed by atoms with van der Waals surface area (Å²) in [5.74, 6) is -0.0871. The van der Waals surface area contributed by atoms with Crippen LogP contribution in [0.3, 0.4) is 0 Å². The minimum atomic E-state index is -0.628. The van der Waals surface area contributed by atoms with E-state index in [-0.39, 0.29) is 30.7 Å². The summed E-state index contributed by atoms with van der Waals surface area (Å²) in [6.45, 7) is 11.4. The lowest BCUT2D eigenvalue weighted by molar-refractivity contribution is -0.121. The highest BCUT2D eigenvalue weighted by atomic mass is 16.5. The van der Waals surface area contributed by atoms with Crippen molar-refractivity contribution in [3.05, 3.63) is 0 Å². The van der Waals surface area contributed by atoms with E-state index in [0.717, 1.165) is 0 Å². The Labute approximate surface area is 122 Å². The molecule has 0 bridgehead atoms. The van der Waals surface area contributed by atoms with Gasteiger partial charge < -0.3 is 25.2 Å². The molecule has 0 heterocycles. The van der Waals surface area contributed by atoms with E-state index in [9.17, 15) is 9.90 Å². The van der Waals surface area contributed by atoms with Crippen molar-refractivity contribution in [2.24, 2.45) is 0 Å². The minimum absolute atomic E-state index is 0.0871. The maximum absolute atomic E-state index is 11.5. The van der Waals surface area contributed by atoms with E-state index in [4.69, 9.17) is 9.47 Å². The number of hydrogen-bond donors (Lipinski definition) is 3. The van der Waals surface area contributed by atoms with Crippen molar-refractivity contribution in [2.75, 3.05) is 32.9 Å². The number of aliphatic hydroxyl groups is 1. The molecule has 0 fully saturated rings. The predicted octanol–water partition coefficient (Wildman–Crippen LogP) is 0.293. The van der Waals surface area contributed by atoms with Gasteiger partial charge in [-0.1, -0.05) is 0 Å². The van der Waals surface area contributed by atoms with Gasteiger partial charge in [-0.15, -0.1) is 0 Å². The lowest BCUT2D eigenvalue weighted by Crippen LogP contribution is -2.46. The number of rotatable bonds is 10. The lowest BCUT2D eigenvalue weighted by atomic mass is 10.1. The summed E-state index contributed by atoms with van der Waals surface area (Å²) in [6, 6.07) is 0. The van der Waals surface area contributed by atoms with Gasteiger partial charge in [0.25, 0.3) is 0 Å². The summed E-state index contributed by atoms with van der Waals surface area (Å²) in [5.41, 5.74) is -0.239. The van der Waals surface area contributed by atoms with Crippen molar-refractivity contribution < 1.29 is 19.4 Å². The molecule has 0 aliphatic rings. The zero-order valence-corrected chi connectivity index (χ0v) is 13.4. The monoisotopic (exact) mass is 290 g/mol. The molecule has 0 saturated heterocycles. The summed E-state index contributed by atoms with van der Waals surface area (Å²) in [7, 11) is 0. The first kappa shape index (κ1) is 19.3. The van der Waals surface area contributed by atoms with Gasteiger partial charge in [-0.05, 0) is 34.6 Å². The highest BCUT2D eigenvalue weighted by Gasteiger charge is 2.13. The number of carbonyl (C=O) groups excluding carboxylic acids is 1. The third-order valence-corrected chi connectivity index (χ3v) is 2.17. The second kappa shape index (κ2) is 10.1. The molecule has 120 valence electrons. The Balaban J connectivity index is 3.49. The Morgan fingerprint density at radius 3 is 2.45 bits per heavy atom. The molecule has 0 aromatic heterocycles. The van der Waals surface area contributed by atoms with Crippen LogP contribution in [0.5, 0.6) is 0 Å². The van der Waals surface area contributed by atoms with Crippen molar-refractivity contribution in [1.29, 1.82) is 0 Å². The molecule has 0 rings (SSSR count). The number of aliphatic hydroxyl groups excluding tert-OH is 1. The van der Waals surface area contributed by atoms with Gasteiger partial charge in [0, 0.05) is 12.1 Å². The van der Waals surface area contributed by atoms with E-state index in [1.807, 2.05) is 34.6 Å². The van der Waals surface area contributed by atoms with Gasteiger partial charge in [-0.3, -0.25) is 4.79 Å². The van der Waals surface area contributed by atoms with Crippen molar-refractivity contribution in [3.8, 4) is 0 Å². The molecule has 0 aliphatic carbocycles. The third kappa shape index (κ3) is 13.7. The highest BCUT2D eigenvalue weighted by Crippen LogP contribution is 1.97. The van der Waals surface area contributed by atoms with Crippen molar-refractivity contribution >= 4 is 5.91 Å². The standard InChI is InChI=1S/C14H30N2O4/c1-11(2)20-7-6-19-10-12(17)8-15-9-13(18)16-14(3,4)5/h11-12,15,17H,6-10H2,1-5H3,(H,16,18). The molecule has 20 heavy (non-hydrogen) atoms. The number of ether oxygens (including phenoxy) is 2. The van der Waals surface area contributed by atoms with Gasteiger partial charge in [-0.25, -0.2) is 0 Å². The molecule has 0 radical (unpaired) electrons. The van der Waals surface area contributed by atoms with Crippen LogP contribution in [-0.2, 0) is 14.3 Å². The van der Waals surface area contributed by atoms with E-state index in [1.165, 1.54) is 0 Å². The topological polar surface area (TPSA) is 79.8 Å². The van der Waals surface area contributed by atoms with Crippen LogP contribution >= 0.6 is 0 Å². The average Bonchev–Trinajstić information content (AvgIpc) is 2.25. The molecule has 0 aliphatic heterocycles. The maximum atomic E-state index is 11.5. The fraction of sp³-hybridized carbons (Fsp3) is 0.929. The Hall–Kier alpha value is -0.690. The van der Waals surface area contributed by atoms with E-state index in [2.05, 4.69) is 10.6 Å². The maximum Gasteiger partial charge on any atom is 0.234 e. The summed E-state index contributed by atoms with van der Waals surface area (Å²) < 4.78 is 10.6. The van der Waals surface area contributed by atoms with Gasteiger partial charge in [0.2, 0.25) is 5.91 Å². The number of nitrogens with one attached hydrogen (secondary N) is 2. The summed E-state index contributed by atoms with van der Waals surface area (Å²) in [6.07, 6.45) is -0.442. The van der Waals surface area contributed by atoms with Crippen LogP contribution in [0.2, 0.25) is 0 Å². The van der Waals surface area contributed by atoms with E-state index < -0.39 is 6.10 Å². The molecule has 0 saturated carbocycles. The second-order valence-corrected chi connectivity index (χ2v) is 6.08. The average molecular weight is 290 g/mol. The normalized spacial score (nSPS) is 13.6. The zero-order chi connectivity index (χ0) is 15.6. The lowest BCUT2D eigenvalue weighted by Gasteiger charge is -2.21. The summed E-state index contributed by atoms with van der Waals surface area (Å²) >= 11 is 0. The number of carbonyl (C=O) groups is 1. The van der Waals surface area contributed by atoms with E-state index in [0.29, 0.717) is 19.8 Å². The fourth-order valence-corrected chi connectivity index (χ4v) is 1.44. The molecule has 0 spiro atoms. The van der Waals surface area contributed by atoms with Crippen LogP contribution in [0.15, 0.2) is 0 Å². The van der Waals surface area contributed by atoms with Crippen LogP contribution in [0, 0.1) is 0 Å². The molecule has 6 heteroatoms. The Morgan fingerprint density at radius 1 is 1.25 bits per heavy atom. The molecular formula is C14H30N2O4. The molecule has 1 unspecified atom stereocenters. The van der Waals surface area contributed by atoms with Crippen molar-refractivity contribution in [3.63, 3.8) is 0 Å². The molecule has 0 aromatic rings. The van der Waals surface area contributed by atoms with Gasteiger partial charge in [-0.2, -0.15) is 0 Å². The second-order valence-electron chi connectivity index (χ2n) is 6.08. The predicted molar refractivity (Wildman–Crippen MR) is 78.7 cm³/mol. The van der Waals surface area contributed by atoms with E-state index >= 15 is 0 Å².